The van der Waals surface area contributed by atoms with Crippen LogP contribution >= 0.6 is 0 Å². The van der Waals surface area contributed by atoms with Gasteiger partial charge >= 0.3 is 6.18 Å². The maximum absolute atomic E-state index is 12.9. The molecule has 0 saturated carbocycles. The molecule has 148 valence electrons. The Morgan fingerprint density at radius 2 is 1.96 bits per heavy atom. The molecule has 0 atom stereocenters. The standard InChI is InChI=1S/C18H19F3N6O/c1-17(5-7-28-8-6-17)27-15-22-10-13-14(25-15)26-16(24-13)23-12-4-2-3-11(9-12)18(19,20)21/h2-4,9-10H,5-8H2,1H3,(H3,22,23,24,25,26,27). The van der Waals surface area contributed by atoms with Crippen molar-refractivity contribution in [2.75, 3.05) is 23.8 Å². The number of ether oxygens (including phenoxy) is 1. The minimum atomic E-state index is -4.40. The summed E-state index contributed by atoms with van der Waals surface area (Å²) >= 11 is 0. The first-order valence-electron chi connectivity index (χ1n) is 8.84. The van der Waals surface area contributed by atoms with Gasteiger partial charge in [0.25, 0.3) is 0 Å². The molecule has 4 rings (SSSR count). The van der Waals surface area contributed by atoms with Crippen molar-refractivity contribution in [3.8, 4) is 0 Å². The molecule has 1 aliphatic heterocycles. The average Bonchev–Trinajstić information content (AvgIpc) is 3.03. The summed E-state index contributed by atoms with van der Waals surface area (Å²) in [4.78, 5) is 16.0. The zero-order valence-electron chi connectivity index (χ0n) is 15.1. The molecule has 1 saturated heterocycles. The summed E-state index contributed by atoms with van der Waals surface area (Å²) in [6, 6.07) is 4.92. The Labute approximate surface area is 158 Å². The zero-order chi connectivity index (χ0) is 19.8. The number of aromatic nitrogens is 4. The fourth-order valence-electron chi connectivity index (χ4n) is 3.06. The summed E-state index contributed by atoms with van der Waals surface area (Å²) in [6.45, 7) is 3.46. The van der Waals surface area contributed by atoms with Crippen molar-refractivity contribution in [3.63, 3.8) is 0 Å². The van der Waals surface area contributed by atoms with Crippen LogP contribution in [-0.2, 0) is 10.9 Å². The van der Waals surface area contributed by atoms with E-state index in [-0.39, 0.29) is 17.2 Å². The third kappa shape index (κ3) is 4.01. The Morgan fingerprint density at radius 1 is 1.18 bits per heavy atom. The summed E-state index contributed by atoms with van der Waals surface area (Å²) < 4.78 is 44.0. The van der Waals surface area contributed by atoms with Gasteiger partial charge in [-0.25, -0.2) is 9.97 Å². The molecule has 0 unspecified atom stereocenters. The maximum Gasteiger partial charge on any atom is 0.416 e. The molecular formula is C18H19F3N6O. The number of nitrogens with one attached hydrogen (secondary N) is 3. The number of imidazole rings is 1. The van der Waals surface area contributed by atoms with Crippen molar-refractivity contribution < 1.29 is 17.9 Å². The minimum Gasteiger partial charge on any atom is -0.381 e. The second-order valence-electron chi connectivity index (χ2n) is 7.01. The van der Waals surface area contributed by atoms with Gasteiger partial charge in [-0.3, -0.25) is 0 Å². The van der Waals surface area contributed by atoms with Crippen LogP contribution in [0.15, 0.2) is 30.5 Å². The first-order chi connectivity index (χ1) is 13.3. The van der Waals surface area contributed by atoms with Crippen LogP contribution in [0.1, 0.15) is 25.3 Å². The number of anilines is 3. The van der Waals surface area contributed by atoms with Crippen molar-refractivity contribution in [2.24, 2.45) is 0 Å². The average molecular weight is 392 g/mol. The van der Waals surface area contributed by atoms with Gasteiger partial charge < -0.3 is 20.4 Å². The molecule has 2 aromatic heterocycles. The smallest absolute Gasteiger partial charge is 0.381 e. The summed E-state index contributed by atoms with van der Waals surface area (Å²) in [5.41, 5.74) is 0.393. The highest BCUT2D eigenvalue weighted by molar-refractivity contribution is 5.75. The number of H-pyrrole nitrogens is 1. The Kier molecular flexibility index (Phi) is 4.58. The van der Waals surface area contributed by atoms with Gasteiger partial charge in [0.2, 0.25) is 11.9 Å². The minimum absolute atomic E-state index is 0.148. The molecular weight excluding hydrogens is 373 g/mol. The van der Waals surface area contributed by atoms with Crippen LogP contribution in [0.3, 0.4) is 0 Å². The van der Waals surface area contributed by atoms with Gasteiger partial charge in [0.15, 0.2) is 5.65 Å². The molecule has 1 fully saturated rings. The van der Waals surface area contributed by atoms with E-state index in [9.17, 15) is 13.2 Å². The van der Waals surface area contributed by atoms with Crippen LogP contribution in [0.2, 0.25) is 0 Å². The number of fused-ring (bicyclic) bond motifs is 1. The number of benzene rings is 1. The lowest BCUT2D eigenvalue weighted by atomic mass is 9.93. The lowest BCUT2D eigenvalue weighted by molar-refractivity contribution is -0.137. The number of aromatic amines is 1. The van der Waals surface area contributed by atoms with E-state index in [1.807, 2.05) is 0 Å². The highest BCUT2D eigenvalue weighted by atomic mass is 19.4. The van der Waals surface area contributed by atoms with Crippen LogP contribution in [0, 0.1) is 0 Å². The van der Waals surface area contributed by atoms with Crippen LogP contribution in [0.4, 0.5) is 30.8 Å². The number of alkyl halides is 3. The summed E-state index contributed by atoms with van der Waals surface area (Å²) in [5.74, 6) is 0.754. The number of rotatable bonds is 4. The second kappa shape index (κ2) is 6.93. The van der Waals surface area contributed by atoms with Gasteiger partial charge in [0.05, 0.1) is 11.8 Å². The largest absolute Gasteiger partial charge is 0.416 e. The normalized spacial score (nSPS) is 16.9. The van der Waals surface area contributed by atoms with Crippen molar-refractivity contribution in [2.45, 2.75) is 31.5 Å². The van der Waals surface area contributed by atoms with E-state index < -0.39 is 11.7 Å². The summed E-state index contributed by atoms with van der Waals surface area (Å²) in [5, 5.41) is 6.18. The maximum atomic E-state index is 12.9. The SMILES string of the molecule is CC1(Nc2ncc3nc(Nc4cccc(C(F)(F)F)c4)[nH]c3n2)CCOCC1. The molecule has 1 aromatic carbocycles. The topological polar surface area (TPSA) is 87.8 Å². The molecule has 3 aromatic rings. The van der Waals surface area contributed by atoms with Crippen molar-refractivity contribution in [1.29, 1.82) is 0 Å². The van der Waals surface area contributed by atoms with E-state index in [0.29, 0.717) is 30.3 Å². The third-order valence-corrected chi connectivity index (χ3v) is 4.70. The first-order valence-corrected chi connectivity index (χ1v) is 8.84. The molecule has 0 radical (unpaired) electrons. The Bertz CT molecular complexity index is 981. The van der Waals surface area contributed by atoms with E-state index >= 15 is 0 Å². The lowest BCUT2D eigenvalue weighted by Crippen LogP contribution is -2.41. The molecule has 3 N–H and O–H groups in total. The van der Waals surface area contributed by atoms with Gasteiger partial charge in [-0.1, -0.05) is 6.07 Å². The Balaban J connectivity index is 1.54. The summed E-state index contributed by atoms with van der Waals surface area (Å²) in [7, 11) is 0. The number of nitrogens with zero attached hydrogens (tertiary/aromatic N) is 3. The number of halogens is 3. The van der Waals surface area contributed by atoms with Crippen LogP contribution in [0.5, 0.6) is 0 Å². The molecule has 7 nitrogen and oxygen atoms in total. The van der Waals surface area contributed by atoms with Gasteiger partial charge in [-0.05, 0) is 38.0 Å². The second-order valence-corrected chi connectivity index (χ2v) is 7.01. The van der Waals surface area contributed by atoms with Gasteiger partial charge in [-0.15, -0.1) is 0 Å². The molecule has 0 bridgehead atoms. The van der Waals surface area contributed by atoms with E-state index in [1.54, 1.807) is 6.20 Å². The highest BCUT2D eigenvalue weighted by Gasteiger charge is 2.30. The van der Waals surface area contributed by atoms with E-state index in [1.165, 1.54) is 12.1 Å². The van der Waals surface area contributed by atoms with Crippen LogP contribution < -0.4 is 10.6 Å². The Morgan fingerprint density at radius 3 is 2.71 bits per heavy atom. The predicted octanol–water partition coefficient (Wildman–Crippen LogP) is 4.10. The number of hydrogen-bond acceptors (Lipinski definition) is 6. The molecule has 0 amide bonds. The third-order valence-electron chi connectivity index (χ3n) is 4.70. The molecule has 28 heavy (non-hydrogen) atoms. The number of hydrogen-bond donors (Lipinski definition) is 3. The van der Waals surface area contributed by atoms with Crippen molar-refractivity contribution >= 4 is 28.7 Å². The summed E-state index contributed by atoms with van der Waals surface area (Å²) in [6.07, 6.45) is -1.14. The molecule has 0 spiro atoms. The predicted molar refractivity (Wildman–Crippen MR) is 98.5 cm³/mol. The molecule has 10 heteroatoms. The van der Waals surface area contributed by atoms with Crippen molar-refractivity contribution in [1.82, 2.24) is 19.9 Å². The molecule has 0 aliphatic carbocycles. The Hall–Kier alpha value is -2.88. The van der Waals surface area contributed by atoms with Gasteiger partial charge in [0, 0.05) is 24.4 Å². The van der Waals surface area contributed by atoms with E-state index in [0.717, 1.165) is 25.0 Å². The van der Waals surface area contributed by atoms with E-state index in [2.05, 4.69) is 37.5 Å². The van der Waals surface area contributed by atoms with Crippen LogP contribution in [-0.4, -0.2) is 38.7 Å². The van der Waals surface area contributed by atoms with Gasteiger partial charge in [-0.2, -0.15) is 18.2 Å². The zero-order valence-corrected chi connectivity index (χ0v) is 15.1. The highest BCUT2D eigenvalue weighted by Crippen LogP contribution is 2.31. The monoisotopic (exact) mass is 392 g/mol. The quantitative estimate of drug-likeness (QED) is 0.620. The van der Waals surface area contributed by atoms with E-state index in [4.69, 9.17) is 4.74 Å². The molecule has 1 aliphatic rings. The van der Waals surface area contributed by atoms with Gasteiger partial charge in [0.1, 0.15) is 5.52 Å². The van der Waals surface area contributed by atoms with Crippen molar-refractivity contribution in [3.05, 3.63) is 36.0 Å². The fraction of sp³-hybridized carbons (Fsp3) is 0.389. The fourth-order valence-corrected chi connectivity index (χ4v) is 3.06. The lowest BCUT2D eigenvalue weighted by Gasteiger charge is -2.34. The van der Waals surface area contributed by atoms with Crippen LogP contribution in [0.25, 0.3) is 11.2 Å². The molecule has 3 heterocycles. The first kappa shape index (κ1) is 18.5.